The monoisotopic (exact) mass is 472 g/mol. The lowest BCUT2D eigenvalue weighted by Crippen LogP contribution is -2.59. The Hall–Kier alpha value is -1.67. The third-order valence-corrected chi connectivity index (χ3v) is 6.23. The molecule has 0 aliphatic rings. The molecule has 2 N–H and O–H groups in total. The molecule has 8 heteroatoms. The van der Waals surface area contributed by atoms with Crippen LogP contribution < -0.4 is 10.6 Å². The summed E-state index contributed by atoms with van der Waals surface area (Å²) in [7, 11) is 7.06. The molecule has 0 aromatic carbocycles. The minimum Gasteiger partial charge on any atom is -0.379 e. The fourth-order valence-corrected chi connectivity index (χ4v) is 4.40. The van der Waals surface area contributed by atoms with E-state index in [0.29, 0.717) is 0 Å². The van der Waals surface area contributed by atoms with Gasteiger partial charge in [-0.15, -0.1) is 0 Å². The van der Waals surface area contributed by atoms with Gasteiger partial charge in [-0.2, -0.15) is 0 Å². The van der Waals surface area contributed by atoms with Crippen molar-refractivity contribution in [2.75, 3.05) is 28.3 Å². The maximum absolute atomic E-state index is 13.7. The smallest absolute Gasteiger partial charge is 0.245 e. The summed E-state index contributed by atoms with van der Waals surface area (Å²) >= 11 is 0. The number of rotatable bonds is 14. The molecule has 33 heavy (non-hydrogen) atoms. The molecule has 0 aromatic heterocycles. The average molecular weight is 473 g/mol. The second-order valence-electron chi connectivity index (χ2n) is 10.4. The first-order valence-electron chi connectivity index (χ1n) is 12.2. The molecule has 0 radical (unpaired) electrons. The summed E-state index contributed by atoms with van der Waals surface area (Å²) in [6, 6.07) is -1.28. The third kappa shape index (κ3) is 9.61. The molecule has 0 rings (SSSR count). The molecule has 0 aromatic rings. The van der Waals surface area contributed by atoms with E-state index in [1.54, 1.807) is 19.1 Å². The van der Waals surface area contributed by atoms with E-state index >= 15 is 0 Å². The number of carbonyl (C=O) groups excluding carboxylic acids is 3. The van der Waals surface area contributed by atoms with Crippen molar-refractivity contribution in [3.63, 3.8) is 0 Å². The fourth-order valence-electron chi connectivity index (χ4n) is 4.40. The first-order valence-corrected chi connectivity index (χ1v) is 12.2. The van der Waals surface area contributed by atoms with Crippen molar-refractivity contribution < 1.29 is 20.5 Å². The predicted molar refractivity (Wildman–Crippen MR) is 136 cm³/mol. The molecule has 0 spiro atoms. The largest absolute Gasteiger partial charge is 0.379 e. The summed E-state index contributed by atoms with van der Waals surface area (Å²) in [5.74, 6) is -0.325. The van der Waals surface area contributed by atoms with Gasteiger partial charge in [0.05, 0.1) is 24.6 Å². The zero-order chi connectivity index (χ0) is 26.0. The van der Waals surface area contributed by atoms with E-state index in [0.717, 1.165) is 6.42 Å². The number of methoxy groups -OCH3 is 1. The van der Waals surface area contributed by atoms with Crippen molar-refractivity contribution in [2.45, 2.75) is 98.5 Å². The summed E-state index contributed by atoms with van der Waals surface area (Å²) in [6.45, 7) is 15.8. The van der Waals surface area contributed by atoms with E-state index in [1.807, 2.05) is 60.5 Å². The summed E-state index contributed by atoms with van der Waals surface area (Å²) < 4.78 is 5.73. The Labute approximate surface area is 203 Å². The van der Waals surface area contributed by atoms with Crippen molar-refractivity contribution >= 4 is 17.7 Å². The Balaban J connectivity index is 0. The first kappa shape index (κ1) is 31.3. The lowest BCUT2D eigenvalue weighted by atomic mass is 9.89. The van der Waals surface area contributed by atoms with Crippen LogP contribution in [0.15, 0.2) is 0 Å². The molecular weight excluding hydrogens is 420 g/mol. The van der Waals surface area contributed by atoms with Crippen molar-refractivity contribution in [1.29, 1.82) is 0 Å². The Kier molecular flexibility index (Phi) is 13.8. The molecule has 0 unspecified atom stereocenters. The number of nitrogens with zero attached hydrogens (tertiary/aromatic N) is 2. The van der Waals surface area contributed by atoms with Crippen molar-refractivity contribution in [2.24, 2.45) is 17.8 Å². The highest BCUT2D eigenvalue weighted by molar-refractivity contribution is 5.90. The van der Waals surface area contributed by atoms with Crippen LogP contribution in [0, 0.1) is 17.8 Å². The predicted octanol–water partition coefficient (Wildman–Crippen LogP) is 2.76. The highest BCUT2D eigenvalue weighted by Crippen LogP contribution is 2.23. The van der Waals surface area contributed by atoms with Crippen LogP contribution in [0.25, 0.3) is 0 Å². The first-order chi connectivity index (χ1) is 15.2. The van der Waals surface area contributed by atoms with Crippen molar-refractivity contribution in [1.82, 2.24) is 20.4 Å². The SMILES string of the molecule is CC[C@H](C)[C@@H]([C@@H](CC(=O)NC(C)C)OC)N(C)C(=O)[C@@H](NC(=O)[C@H](C(C)C)N(C)C)C(C)C.[HH]. The van der Waals surface area contributed by atoms with Crippen LogP contribution in [-0.2, 0) is 19.1 Å². The summed E-state index contributed by atoms with van der Waals surface area (Å²) in [4.78, 5) is 42.8. The number of ether oxygens (including phenoxy) is 1. The highest BCUT2D eigenvalue weighted by Gasteiger charge is 2.38. The molecule has 196 valence electrons. The summed E-state index contributed by atoms with van der Waals surface area (Å²) in [5, 5.41) is 5.91. The standard InChI is InChI=1S/C25H50N4O4.H2/c1-13-18(8)23(19(33-12)14-20(30)26-17(6)7)29(11)25(32)21(15(2)3)27-24(31)22(16(4)5)28(9)10;/h15-19,21-23H,13-14H2,1-12H3,(H,26,30)(H,27,31);1H/t18-,19+,21-,22-,23-;/m0./s1. The van der Waals surface area contributed by atoms with E-state index in [1.165, 1.54) is 0 Å². The number of nitrogens with one attached hydrogen (secondary N) is 2. The summed E-state index contributed by atoms with van der Waals surface area (Å²) in [5.41, 5.74) is 0. The van der Waals surface area contributed by atoms with E-state index in [9.17, 15) is 14.4 Å². The molecule has 0 aliphatic carbocycles. The van der Waals surface area contributed by atoms with Gasteiger partial charge in [0.25, 0.3) is 0 Å². The van der Waals surface area contributed by atoms with Gasteiger partial charge in [-0.05, 0) is 45.7 Å². The molecule has 0 bridgehead atoms. The van der Waals surface area contributed by atoms with Gasteiger partial charge in [-0.25, -0.2) is 0 Å². The van der Waals surface area contributed by atoms with Crippen LogP contribution in [0.1, 0.15) is 69.7 Å². The van der Waals surface area contributed by atoms with Crippen LogP contribution in [0.4, 0.5) is 0 Å². The van der Waals surface area contributed by atoms with Crippen LogP contribution in [0.2, 0.25) is 0 Å². The lowest BCUT2D eigenvalue weighted by Gasteiger charge is -2.40. The minimum atomic E-state index is -0.669. The normalized spacial score (nSPS) is 16.5. The zero-order valence-corrected chi connectivity index (χ0v) is 23.1. The van der Waals surface area contributed by atoms with E-state index in [4.69, 9.17) is 4.74 Å². The van der Waals surface area contributed by atoms with Gasteiger partial charge in [0.2, 0.25) is 17.7 Å². The molecule has 0 fully saturated rings. The Morgan fingerprint density at radius 1 is 0.909 bits per heavy atom. The Bertz CT molecular complexity index is 620. The summed E-state index contributed by atoms with van der Waals surface area (Å²) in [6.07, 6.45) is 0.528. The van der Waals surface area contributed by atoms with Gasteiger partial charge in [0, 0.05) is 21.6 Å². The van der Waals surface area contributed by atoms with Crippen molar-refractivity contribution in [3.8, 4) is 0 Å². The molecule has 8 nitrogen and oxygen atoms in total. The van der Waals surface area contributed by atoms with Crippen LogP contribution in [0.3, 0.4) is 0 Å². The number of amides is 3. The number of likely N-dealkylation sites (N-methyl/N-ethyl adjacent to an activating group) is 2. The maximum Gasteiger partial charge on any atom is 0.245 e. The lowest BCUT2D eigenvalue weighted by molar-refractivity contribution is -0.144. The van der Waals surface area contributed by atoms with Crippen molar-refractivity contribution in [3.05, 3.63) is 0 Å². The van der Waals surface area contributed by atoms with E-state index < -0.39 is 12.1 Å². The molecule has 0 heterocycles. The van der Waals surface area contributed by atoms with Crippen LogP contribution in [0.5, 0.6) is 0 Å². The second-order valence-corrected chi connectivity index (χ2v) is 10.4. The Morgan fingerprint density at radius 2 is 1.45 bits per heavy atom. The number of hydrogen-bond acceptors (Lipinski definition) is 5. The van der Waals surface area contributed by atoms with Gasteiger partial charge in [-0.3, -0.25) is 19.3 Å². The topological polar surface area (TPSA) is 91.0 Å². The van der Waals surface area contributed by atoms with Gasteiger partial charge in [-0.1, -0.05) is 48.0 Å². The molecule has 0 saturated carbocycles. The zero-order valence-electron chi connectivity index (χ0n) is 23.1. The van der Waals surface area contributed by atoms with Gasteiger partial charge >= 0.3 is 0 Å². The molecule has 3 amide bonds. The molecule has 0 saturated heterocycles. The highest BCUT2D eigenvalue weighted by atomic mass is 16.5. The van der Waals surface area contributed by atoms with Crippen LogP contribution in [-0.4, -0.2) is 86.0 Å². The van der Waals surface area contributed by atoms with E-state index in [2.05, 4.69) is 24.5 Å². The number of carbonyl (C=O) groups is 3. The third-order valence-electron chi connectivity index (χ3n) is 6.23. The second kappa shape index (κ2) is 14.6. The average Bonchev–Trinajstić information content (AvgIpc) is 2.68. The van der Waals surface area contributed by atoms with Gasteiger partial charge in [0.15, 0.2) is 0 Å². The Morgan fingerprint density at radius 3 is 1.82 bits per heavy atom. The number of hydrogen-bond donors (Lipinski definition) is 2. The molecule has 5 atom stereocenters. The minimum absolute atomic E-state index is 0. The van der Waals surface area contributed by atoms with Crippen LogP contribution >= 0.6 is 0 Å². The quantitative estimate of drug-likeness (QED) is 0.406. The van der Waals surface area contributed by atoms with Gasteiger partial charge < -0.3 is 20.3 Å². The maximum atomic E-state index is 13.7. The van der Waals surface area contributed by atoms with E-state index in [-0.39, 0.29) is 61.4 Å². The fraction of sp³-hybridized carbons (Fsp3) is 0.880. The molecular formula is C25H52N4O4. The van der Waals surface area contributed by atoms with Gasteiger partial charge in [0.1, 0.15) is 6.04 Å². The molecule has 0 aliphatic heterocycles.